The molecule has 0 fully saturated rings. The van der Waals surface area contributed by atoms with Crippen molar-refractivity contribution in [2.24, 2.45) is 0 Å². The van der Waals surface area contributed by atoms with Crippen LogP contribution in [0.2, 0.25) is 0 Å². The average Bonchev–Trinajstić information content (AvgIpc) is 2.25. The highest BCUT2D eigenvalue weighted by Gasteiger charge is 2.08. The first kappa shape index (κ1) is 9.52. The first-order chi connectivity index (χ1) is 8.00. The maximum absolute atomic E-state index is 13.3. The van der Waals surface area contributed by atoms with E-state index in [1.165, 1.54) is 6.07 Å². The molecule has 0 aromatic heterocycles. The van der Waals surface area contributed by atoms with Crippen LogP contribution in [0.25, 0.3) is 11.1 Å². The van der Waals surface area contributed by atoms with Crippen molar-refractivity contribution in [2.45, 2.75) is 13.8 Å². The van der Waals surface area contributed by atoms with Crippen LogP contribution in [0.1, 0.15) is 12.5 Å². The maximum atomic E-state index is 13.3. The van der Waals surface area contributed by atoms with Crippen molar-refractivity contribution in [3.05, 3.63) is 59.1 Å². The topological polar surface area (TPSA) is 0 Å². The molecule has 0 heterocycles. The molecule has 0 spiro atoms. The Bertz CT molecular complexity index is 533. The first-order valence-corrected chi connectivity index (χ1v) is 5.03. The minimum absolute atomic E-state index is 0.414. The van der Waals surface area contributed by atoms with Crippen LogP contribution in [0.4, 0.5) is 8.78 Å². The molecule has 16 heavy (non-hydrogen) atoms. The molecule has 82 valence electrons. The largest absolute Gasteiger partial charge is 0.204 e. The summed E-state index contributed by atoms with van der Waals surface area (Å²) >= 11 is 0. The molecule has 0 amide bonds. The van der Waals surface area contributed by atoms with E-state index in [4.69, 9.17) is 1.37 Å². The maximum Gasteiger partial charge on any atom is 0.159 e. The van der Waals surface area contributed by atoms with Crippen LogP contribution in [-0.4, -0.2) is 0 Å². The van der Waals surface area contributed by atoms with E-state index in [0.29, 0.717) is 5.56 Å². The van der Waals surface area contributed by atoms with Crippen LogP contribution < -0.4 is 0 Å². The third-order valence-corrected chi connectivity index (χ3v) is 2.62. The lowest BCUT2D eigenvalue weighted by Gasteiger charge is -2.09. The van der Waals surface area contributed by atoms with Crippen molar-refractivity contribution in [3.8, 4) is 11.1 Å². The zero-order valence-electron chi connectivity index (χ0n) is 10.1. The van der Waals surface area contributed by atoms with Gasteiger partial charge in [-0.15, -0.1) is 0 Å². The van der Waals surface area contributed by atoms with E-state index in [0.717, 1.165) is 22.8 Å². The fourth-order valence-corrected chi connectivity index (χ4v) is 1.87. The van der Waals surface area contributed by atoms with Crippen LogP contribution in [0.3, 0.4) is 0 Å². The van der Waals surface area contributed by atoms with Crippen molar-refractivity contribution in [3.63, 3.8) is 0 Å². The first-order valence-electron chi connectivity index (χ1n) is 5.53. The van der Waals surface area contributed by atoms with Crippen molar-refractivity contribution in [1.82, 2.24) is 0 Å². The average molecular weight is 219 g/mol. The van der Waals surface area contributed by atoms with E-state index >= 15 is 0 Å². The SMILES string of the molecule is [2H]c1cc(-c2c(C)cccc2C)cc(F)c1F. The second kappa shape index (κ2) is 4.05. The molecule has 0 nitrogen and oxygen atoms in total. The van der Waals surface area contributed by atoms with Gasteiger partial charge >= 0.3 is 0 Å². The summed E-state index contributed by atoms with van der Waals surface area (Å²) in [6.45, 7) is 3.82. The molecule has 0 bridgehead atoms. The quantitative estimate of drug-likeness (QED) is 0.672. The predicted molar refractivity (Wildman–Crippen MR) is 61.3 cm³/mol. The van der Waals surface area contributed by atoms with Gasteiger partial charge in [0.15, 0.2) is 11.6 Å². The van der Waals surface area contributed by atoms with Crippen LogP contribution in [0, 0.1) is 25.5 Å². The Balaban J connectivity index is 2.69. The van der Waals surface area contributed by atoms with E-state index in [9.17, 15) is 8.78 Å². The van der Waals surface area contributed by atoms with Crippen molar-refractivity contribution >= 4 is 0 Å². The zero-order valence-corrected chi connectivity index (χ0v) is 9.14. The molecule has 0 N–H and O–H groups in total. The van der Waals surface area contributed by atoms with Gasteiger partial charge in [0.1, 0.15) is 0 Å². The molecule has 0 aliphatic heterocycles. The lowest BCUT2D eigenvalue weighted by atomic mass is 9.96. The normalized spacial score (nSPS) is 11.4. The van der Waals surface area contributed by atoms with Crippen LogP contribution in [0.15, 0.2) is 36.4 Å². The van der Waals surface area contributed by atoms with Gasteiger partial charge in [-0.25, -0.2) is 8.78 Å². The second-order valence-corrected chi connectivity index (χ2v) is 3.82. The van der Waals surface area contributed by atoms with E-state index in [-0.39, 0.29) is 0 Å². The summed E-state index contributed by atoms with van der Waals surface area (Å²) in [5, 5.41) is 0. The number of rotatable bonds is 1. The third kappa shape index (κ3) is 1.83. The molecule has 0 saturated carbocycles. The van der Waals surface area contributed by atoms with E-state index in [1.54, 1.807) is 0 Å². The summed E-state index contributed by atoms with van der Waals surface area (Å²) < 4.78 is 33.7. The monoisotopic (exact) mass is 219 g/mol. The predicted octanol–water partition coefficient (Wildman–Crippen LogP) is 4.25. The zero-order chi connectivity index (χ0) is 12.6. The van der Waals surface area contributed by atoms with Gasteiger partial charge in [-0.1, -0.05) is 24.3 Å². The van der Waals surface area contributed by atoms with Crippen LogP contribution >= 0.6 is 0 Å². The number of benzene rings is 2. The van der Waals surface area contributed by atoms with Gasteiger partial charge in [-0.3, -0.25) is 0 Å². The summed E-state index contributed by atoms with van der Waals surface area (Å²) in [6, 6.07) is 7.81. The van der Waals surface area contributed by atoms with Gasteiger partial charge < -0.3 is 0 Å². The Morgan fingerprint density at radius 1 is 1.00 bits per heavy atom. The summed E-state index contributed by atoms with van der Waals surface area (Å²) in [5.74, 6) is -2.07. The molecular formula is C14H12F2. The molecule has 0 aliphatic rings. The van der Waals surface area contributed by atoms with Gasteiger partial charge in [-0.2, -0.15) is 0 Å². The Kier molecular flexibility index (Phi) is 2.41. The summed E-state index contributed by atoms with van der Waals surface area (Å²) in [4.78, 5) is 0. The Labute approximate surface area is 95.0 Å². The lowest BCUT2D eigenvalue weighted by molar-refractivity contribution is 0.509. The highest BCUT2D eigenvalue weighted by atomic mass is 19.2. The number of hydrogen-bond donors (Lipinski definition) is 0. The molecule has 0 unspecified atom stereocenters. The minimum atomic E-state index is -1.10. The van der Waals surface area contributed by atoms with E-state index in [1.807, 2.05) is 32.0 Å². The fourth-order valence-electron chi connectivity index (χ4n) is 1.87. The van der Waals surface area contributed by atoms with Gasteiger partial charge in [0, 0.05) is 0 Å². The van der Waals surface area contributed by atoms with Gasteiger partial charge in [0.2, 0.25) is 0 Å². The van der Waals surface area contributed by atoms with Gasteiger partial charge in [0.25, 0.3) is 0 Å². The summed E-state index contributed by atoms with van der Waals surface area (Å²) in [6.07, 6.45) is 0. The Morgan fingerprint density at radius 2 is 1.62 bits per heavy atom. The molecule has 2 rings (SSSR count). The smallest absolute Gasteiger partial charge is 0.159 e. The van der Waals surface area contributed by atoms with Crippen LogP contribution in [-0.2, 0) is 0 Å². The molecule has 0 saturated heterocycles. The van der Waals surface area contributed by atoms with Crippen molar-refractivity contribution in [1.29, 1.82) is 0 Å². The second-order valence-electron chi connectivity index (χ2n) is 3.82. The number of aryl methyl sites for hydroxylation is 2. The highest BCUT2D eigenvalue weighted by Crippen LogP contribution is 2.27. The van der Waals surface area contributed by atoms with Crippen molar-refractivity contribution < 1.29 is 10.2 Å². The molecule has 2 aromatic carbocycles. The standard InChI is InChI=1S/C14H12F2/c1-9-4-3-5-10(2)14(9)11-6-7-12(15)13(16)8-11/h3-8H,1-2H3/i7D. The molecular weight excluding hydrogens is 206 g/mol. The molecule has 2 heteroatoms. The van der Waals surface area contributed by atoms with Crippen LogP contribution in [0.5, 0.6) is 0 Å². The fraction of sp³-hybridized carbons (Fsp3) is 0.143. The minimum Gasteiger partial charge on any atom is -0.204 e. The summed E-state index contributed by atoms with van der Waals surface area (Å²) in [7, 11) is 0. The van der Waals surface area contributed by atoms with Gasteiger partial charge in [0.05, 0.1) is 1.37 Å². The molecule has 0 atom stereocenters. The number of halogens is 2. The summed E-state index contributed by atoms with van der Waals surface area (Å²) in [5.41, 5.74) is 3.37. The Hall–Kier alpha value is -1.70. The lowest BCUT2D eigenvalue weighted by Crippen LogP contribution is -1.90. The van der Waals surface area contributed by atoms with Crippen molar-refractivity contribution in [2.75, 3.05) is 0 Å². The third-order valence-electron chi connectivity index (χ3n) is 2.62. The Morgan fingerprint density at radius 3 is 2.19 bits per heavy atom. The van der Waals surface area contributed by atoms with E-state index in [2.05, 4.69) is 0 Å². The van der Waals surface area contributed by atoms with Gasteiger partial charge in [-0.05, 0) is 48.2 Å². The van der Waals surface area contributed by atoms with E-state index < -0.39 is 17.7 Å². The molecule has 0 aliphatic carbocycles. The molecule has 0 radical (unpaired) electrons. The number of hydrogen-bond acceptors (Lipinski definition) is 0. The molecule has 2 aromatic rings. The highest BCUT2D eigenvalue weighted by molar-refractivity contribution is 5.70.